The molecule has 4 rings (SSSR count). The Morgan fingerprint density at radius 1 is 0.933 bits per heavy atom. The number of carbonyl (C=O) groups is 1. The normalized spacial score (nSPS) is 14.6. The molecule has 0 unspecified atom stereocenters. The summed E-state index contributed by atoms with van der Waals surface area (Å²) in [5.74, 6) is -0.839. The molecule has 2 aromatic carbocycles. The molecule has 30 heavy (non-hydrogen) atoms. The Hall–Kier alpha value is -3.29. The molecule has 0 radical (unpaired) electrons. The second-order valence-corrected chi connectivity index (χ2v) is 7.17. The molecule has 2 heterocycles. The summed E-state index contributed by atoms with van der Waals surface area (Å²) in [7, 11) is 0. The summed E-state index contributed by atoms with van der Waals surface area (Å²) in [4.78, 5) is 15.0. The first-order valence-corrected chi connectivity index (χ1v) is 9.81. The molecule has 3 aromatic rings. The molecular formula is C22H21F3N4O. The first kappa shape index (κ1) is 20.0. The van der Waals surface area contributed by atoms with Crippen LogP contribution in [0, 0.1) is 0 Å². The number of hydrogen-bond acceptors (Lipinski definition) is 3. The molecular weight excluding hydrogens is 393 g/mol. The highest BCUT2D eigenvalue weighted by Crippen LogP contribution is 2.35. The van der Waals surface area contributed by atoms with Crippen LogP contribution in [-0.2, 0) is 6.18 Å². The zero-order valence-electron chi connectivity index (χ0n) is 16.2. The van der Waals surface area contributed by atoms with Gasteiger partial charge in [-0.3, -0.25) is 4.79 Å². The molecule has 1 amide bonds. The Labute approximate surface area is 172 Å². The smallest absolute Gasteiger partial charge is 0.370 e. The van der Waals surface area contributed by atoms with Gasteiger partial charge in [-0.15, -0.1) is 0 Å². The molecule has 1 aliphatic rings. The minimum absolute atomic E-state index is 0.234. The minimum Gasteiger partial charge on any atom is -0.370 e. The number of hydrogen-bond donors (Lipinski definition) is 1. The fourth-order valence-corrected chi connectivity index (χ4v) is 3.73. The minimum atomic E-state index is -4.74. The third kappa shape index (κ3) is 4.03. The molecule has 8 heteroatoms. The lowest BCUT2D eigenvalue weighted by atomic mass is 10.1. The van der Waals surface area contributed by atoms with Gasteiger partial charge in [0.25, 0.3) is 5.91 Å². The van der Waals surface area contributed by atoms with Gasteiger partial charge in [0.2, 0.25) is 0 Å². The van der Waals surface area contributed by atoms with Crippen LogP contribution in [0.15, 0.2) is 60.8 Å². The Kier molecular flexibility index (Phi) is 5.48. The number of amides is 1. The van der Waals surface area contributed by atoms with Crippen LogP contribution in [0.3, 0.4) is 0 Å². The Balaban J connectivity index is 1.68. The summed E-state index contributed by atoms with van der Waals surface area (Å²) < 4.78 is 42.3. The number of aromatic nitrogens is 2. The molecule has 1 aliphatic heterocycles. The predicted molar refractivity (Wildman–Crippen MR) is 109 cm³/mol. The summed E-state index contributed by atoms with van der Waals surface area (Å²) in [6.07, 6.45) is -0.534. The fourth-order valence-electron chi connectivity index (χ4n) is 3.73. The maximum Gasteiger partial charge on any atom is 0.434 e. The number of anilines is 2. The van der Waals surface area contributed by atoms with Crippen LogP contribution in [0.25, 0.3) is 5.69 Å². The van der Waals surface area contributed by atoms with E-state index in [9.17, 15) is 18.0 Å². The molecule has 5 nitrogen and oxygen atoms in total. The maximum absolute atomic E-state index is 13.8. The molecule has 0 atom stereocenters. The van der Waals surface area contributed by atoms with Gasteiger partial charge in [0.05, 0.1) is 28.8 Å². The molecule has 156 valence electrons. The van der Waals surface area contributed by atoms with Gasteiger partial charge in [0, 0.05) is 13.1 Å². The lowest BCUT2D eigenvalue weighted by molar-refractivity contribution is -0.143. The number of nitrogens with one attached hydrogen (secondary N) is 1. The summed E-state index contributed by atoms with van der Waals surface area (Å²) in [6.45, 7) is 1.71. The first-order chi connectivity index (χ1) is 14.4. The SMILES string of the molecule is O=C(Nc1ccccc1N1CCCCC1)c1cnn(-c2ccccc2)c1C(F)(F)F. The molecule has 1 N–H and O–H groups in total. The highest BCUT2D eigenvalue weighted by molar-refractivity contribution is 6.06. The Morgan fingerprint density at radius 3 is 2.30 bits per heavy atom. The number of para-hydroxylation sites is 3. The summed E-state index contributed by atoms with van der Waals surface area (Å²) in [6, 6.07) is 15.1. The fraction of sp³-hybridized carbons (Fsp3) is 0.273. The molecule has 1 aromatic heterocycles. The topological polar surface area (TPSA) is 50.2 Å². The van der Waals surface area contributed by atoms with Crippen molar-refractivity contribution in [3.63, 3.8) is 0 Å². The Bertz CT molecular complexity index is 1020. The number of halogens is 3. The molecule has 0 bridgehead atoms. The van der Waals surface area contributed by atoms with Gasteiger partial charge in [-0.2, -0.15) is 18.3 Å². The van der Waals surface area contributed by atoms with E-state index < -0.39 is 23.3 Å². The second-order valence-electron chi connectivity index (χ2n) is 7.17. The summed E-state index contributed by atoms with van der Waals surface area (Å²) in [5, 5.41) is 6.52. The van der Waals surface area contributed by atoms with E-state index in [1.165, 1.54) is 12.1 Å². The predicted octanol–water partition coefficient (Wildman–Crippen LogP) is 5.13. The zero-order chi connectivity index (χ0) is 21.1. The number of nitrogens with zero attached hydrogens (tertiary/aromatic N) is 3. The van der Waals surface area contributed by atoms with Gasteiger partial charge in [0.15, 0.2) is 5.69 Å². The van der Waals surface area contributed by atoms with E-state index in [0.29, 0.717) is 5.69 Å². The van der Waals surface area contributed by atoms with Crippen LogP contribution in [-0.4, -0.2) is 28.8 Å². The number of benzene rings is 2. The number of rotatable bonds is 4. The monoisotopic (exact) mass is 414 g/mol. The van der Waals surface area contributed by atoms with E-state index in [-0.39, 0.29) is 5.69 Å². The van der Waals surface area contributed by atoms with Crippen LogP contribution < -0.4 is 10.2 Å². The van der Waals surface area contributed by atoms with E-state index in [1.54, 1.807) is 30.3 Å². The van der Waals surface area contributed by atoms with E-state index in [2.05, 4.69) is 15.3 Å². The molecule has 0 aliphatic carbocycles. The standard InChI is InChI=1S/C22H21F3N4O/c23-22(24,25)20-17(15-26-29(20)16-9-3-1-4-10-16)21(30)27-18-11-5-6-12-19(18)28-13-7-2-8-14-28/h1,3-6,9-12,15H,2,7-8,13-14H2,(H,27,30). The van der Waals surface area contributed by atoms with Gasteiger partial charge >= 0.3 is 6.18 Å². The highest BCUT2D eigenvalue weighted by Gasteiger charge is 2.40. The first-order valence-electron chi connectivity index (χ1n) is 9.81. The van der Waals surface area contributed by atoms with Crippen molar-refractivity contribution in [1.29, 1.82) is 0 Å². The zero-order valence-corrected chi connectivity index (χ0v) is 16.2. The third-order valence-electron chi connectivity index (χ3n) is 5.13. The molecule has 1 saturated heterocycles. The van der Waals surface area contributed by atoms with Crippen molar-refractivity contribution in [3.05, 3.63) is 72.1 Å². The highest BCUT2D eigenvalue weighted by atomic mass is 19.4. The van der Waals surface area contributed by atoms with Crippen molar-refractivity contribution in [1.82, 2.24) is 9.78 Å². The number of alkyl halides is 3. The van der Waals surface area contributed by atoms with E-state index in [1.807, 2.05) is 12.1 Å². The maximum atomic E-state index is 13.8. The summed E-state index contributed by atoms with van der Waals surface area (Å²) >= 11 is 0. The number of piperidine rings is 1. The van der Waals surface area contributed by atoms with Gasteiger partial charge in [-0.1, -0.05) is 30.3 Å². The van der Waals surface area contributed by atoms with Crippen molar-refractivity contribution in [2.24, 2.45) is 0 Å². The number of carbonyl (C=O) groups excluding carboxylic acids is 1. The molecule has 0 spiro atoms. The van der Waals surface area contributed by atoms with Gasteiger partial charge in [-0.25, -0.2) is 4.68 Å². The molecule has 0 saturated carbocycles. The van der Waals surface area contributed by atoms with E-state index >= 15 is 0 Å². The second kappa shape index (κ2) is 8.22. The lowest BCUT2D eigenvalue weighted by Crippen LogP contribution is -2.30. The van der Waals surface area contributed by atoms with Crippen LogP contribution in [0.2, 0.25) is 0 Å². The molecule has 1 fully saturated rings. The van der Waals surface area contributed by atoms with Crippen LogP contribution >= 0.6 is 0 Å². The average Bonchev–Trinajstić information content (AvgIpc) is 3.21. The van der Waals surface area contributed by atoms with E-state index in [0.717, 1.165) is 48.9 Å². The quantitative estimate of drug-likeness (QED) is 0.644. The Morgan fingerprint density at radius 2 is 1.60 bits per heavy atom. The van der Waals surface area contributed by atoms with Crippen molar-refractivity contribution >= 4 is 17.3 Å². The van der Waals surface area contributed by atoms with Crippen molar-refractivity contribution in [2.75, 3.05) is 23.3 Å². The van der Waals surface area contributed by atoms with Crippen LogP contribution in [0.4, 0.5) is 24.5 Å². The van der Waals surface area contributed by atoms with Crippen LogP contribution in [0.1, 0.15) is 35.3 Å². The lowest BCUT2D eigenvalue weighted by Gasteiger charge is -2.30. The average molecular weight is 414 g/mol. The van der Waals surface area contributed by atoms with Gasteiger partial charge in [-0.05, 0) is 43.5 Å². The van der Waals surface area contributed by atoms with Gasteiger partial charge in [0.1, 0.15) is 0 Å². The van der Waals surface area contributed by atoms with Crippen molar-refractivity contribution in [2.45, 2.75) is 25.4 Å². The van der Waals surface area contributed by atoms with E-state index in [4.69, 9.17) is 0 Å². The van der Waals surface area contributed by atoms with Gasteiger partial charge < -0.3 is 10.2 Å². The largest absolute Gasteiger partial charge is 0.434 e. The third-order valence-corrected chi connectivity index (χ3v) is 5.13. The summed E-state index contributed by atoms with van der Waals surface area (Å²) in [5.41, 5.74) is -0.0707. The van der Waals surface area contributed by atoms with Crippen LogP contribution in [0.5, 0.6) is 0 Å². The van der Waals surface area contributed by atoms with Crippen molar-refractivity contribution in [3.8, 4) is 5.69 Å². The van der Waals surface area contributed by atoms with Crippen molar-refractivity contribution < 1.29 is 18.0 Å².